The Kier molecular flexibility index (Phi) is 2.87. The standard InChI is InChI=1S/C11H9NO2S/c1-8-6-10(3-2-9(8)7-13)15-11-12-4-5-14-11/h2-7H,1H3. The third-order valence-corrected chi connectivity index (χ3v) is 2.85. The molecule has 0 aliphatic carbocycles. The Morgan fingerprint density at radius 1 is 1.47 bits per heavy atom. The lowest BCUT2D eigenvalue weighted by molar-refractivity contribution is 0.112. The molecule has 1 heterocycles. The highest BCUT2D eigenvalue weighted by molar-refractivity contribution is 7.99. The molecule has 0 aliphatic rings. The van der Waals surface area contributed by atoms with Crippen molar-refractivity contribution in [2.45, 2.75) is 17.0 Å². The molecule has 1 aromatic carbocycles. The number of nitrogens with zero attached hydrogens (tertiary/aromatic N) is 1. The minimum absolute atomic E-state index is 0.605. The maximum absolute atomic E-state index is 10.6. The van der Waals surface area contributed by atoms with E-state index >= 15 is 0 Å². The molecule has 0 unspecified atom stereocenters. The van der Waals surface area contributed by atoms with Crippen molar-refractivity contribution in [3.63, 3.8) is 0 Å². The van der Waals surface area contributed by atoms with Gasteiger partial charge in [-0.2, -0.15) is 0 Å². The molecule has 15 heavy (non-hydrogen) atoms. The smallest absolute Gasteiger partial charge is 0.260 e. The van der Waals surface area contributed by atoms with Gasteiger partial charge in [0, 0.05) is 10.5 Å². The number of aromatic nitrogens is 1. The lowest BCUT2D eigenvalue weighted by atomic mass is 10.1. The molecule has 0 amide bonds. The predicted octanol–water partition coefficient (Wildman–Crippen LogP) is 2.95. The fourth-order valence-electron chi connectivity index (χ4n) is 1.21. The van der Waals surface area contributed by atoms with Gasteiger partial charge in [-0.3, -0.25) is 4.79 Å². The third kappa shape index (κ3) is 2.27. The summed E-state index contributed by atoms with van der Waals surface area (Å²) in [6, 6.07) is 5.62. The maximum Gasteiger partial charge on any atom is 0.260 e. The third-order valence-electron chi connectivity index (χ3n) is 1.98. The summed E-state index contributed by atoms with van der Waals surface area (Å²) in [5.41, 5.74) is 1.67. The average molecular weight is 219 g/mol. The number of aldehydes is 1. The van der Waals surface area contributed by atoms with E-state index in [0.29, 0.717) is 10.8 Å². The van der Waals surface area contributed by atoms with Crippen LogP contribution in [0.2, 0.25) is 0 Å². The first-order valence-corrected chi connectivity index (χ1v) is 5.24. The summed E-state index contributed by atoms with van der Waals surface area (Å²) in [5.74, 6) is 0. The summed E-state index contributed by atoms with van der Waals surface area (Å²) in [6.45, 7) is 1.91. The fourth-order valence-corrected chi connectivity index (χ4v) is 2.00. The molecule has 4 heteroatoms. The summed E-state index contributed by atoms with van der Waals surface area (Å²) in [4.78, 5) is 15.6. The predicted molar refractivity (Wildman–Crippen MR) is 57.2 cm³/mol. The molecule has 2 aromatic rings. The van der Waals surface area contributed by atoms with Gasteiger partial charge < -0.3 is 4.42 Å². The minimum atomic E-state index is 0.605. The van der Waals surface area contributed by atoms with Gasteiger partial charge in [0.1, 0.15) is 12.5 Å². The molecule has 0 spiro atoms. The second kappa shape index (κ2) is 4.31. The molecule has 0 saturated heterocycles. The van der Waals surface area contributed by atoms with Gasteiger partial charge in [0.05, 0.1) is 6.20 Å². The van der Waals surface area contributed by atoms with E-state index in [1.807, 2.05) is 19.1 Å². The molecule has 76 valence electrons. The van der Waals surface area contributed by atoms with E-state index in [0.717, 1.165) is 16.7 Å². The Balaban J connectivity index is 2.23. The molecule has 0 radical (unpaired) electrons. The number of carbonyl (C=O) groups excluding carboxylic acids is 1. The summed E-state index contributed by atoms with van der Waals surface area (Å²) >= 11 is 1.43. The number of aryl methyl sites for hydroxylation is 1. The lowest BCUT2D eigenvalue weighted by Gasteiger charge is -2.01. The highest BCUT2D eigenvalue weighted by Crippen LogP contribution is 2.27. The molecule has 2 rings (SSSR count). The van der Waals surface area contributed by atoms with Gasteiger partial charge in [0.25, 0.3) is 5.22 Å². The first-order chi connectivity index (χ1) is 7.29. The van der Waals surface area contributed by atoms with Gasteiger partial charge in [-0.15, -0.1) is 0 Å². The number of rotatable bonds is 3. The molecule has 0 atom stereocenters. The highest BCUT2D eigenvalue weighted by atomic mass is 32.2. The molecule has 3 nitrogen and oxygen atoms in total. The monoisotopic (exact) mass is 219 g/mol. The molecule has 0 saturated carbocycles. The molecule has 0 fully saturated rings. The maximum atomic E-state index is 10.6. The Morgan fingerprint density at radius 3 is 2.93 bits per heavy atom. The van der Waals surface area contributed by atoms with Crippen LogP contribution < -0.4 is 0 Å². The molecular weight excluding hydrogens is 210 g/mol. The zero-order valence-electron chi connectivity index (χ0n) is 8.14. The largest absolute Gasteiger partial charge is 0.440 e. The molecule has 0 bridgehead atoms. The van der Waals surface area contributed by atoms with E-state index < -0.39 is 0 Å². The molecule has 0 aliphatic heterocycles. The van der Waals surface area contributed by atoms with Crippen LogP contribution in [0.4, 0.5) is 0 Å². The van der Waals surface area contributed by atoms with E-state index in [2.05, 4.69) is 4.98 Å². The van der Waals surface area contributed by atoms with Crippen molar-refractivity contribution in [3.05, 3.63) is 41.8 Å². The first-order valence-electron chi connectivity index (χ1n) is 4.43. The Hall–Kier alpha value is -1.55. The van der Waals surface area contributed by atoms with Gasteiger partial charge in [-0.1, -0.05) is 6.07 Å². The van der Waals surface area contributed by atoms with Crippen molar-refractivity contribution in [2.24, 2.45) is 0 Å². The van der Waals surface area contributed by atoms with Crippen molar-refractivity contribution in [2.75, 3.05) is 0 Å². The molecule has 1 aromatic heterocycles. The molecular formula is C11H9NO2S. The van der Waals surface area contributed by atoms with Crippen LogP contribution in [-0.2, 0) is 0 Å². The van der Waals surface area contributed by atoms with Crippen LogP contribution in [0.15, 0.2) is 45.2 Å². The van der Waals surface area contributed by atoms with Crippen molar-refractivity contribution in [1.82, 2.24) is 4.98 Å². The van der Waals surface area contributed by atoms with Crippen LogP contribution in [0.25, 0.3) is 0 Å². The van der Waals surface area contributed by atoms with Gasteiger partial charge in [0.15, 0.2) is 0 Å². The van der Waals surface area contributed by atoms with Crippen LogP contribution in [0, 0.1) is 6.92 Å². The highest BCUT2D eigenvalue weighted by Gasteiger charge is 2.03. The van der Waals surface area contributed by atoms with E-state index in [-0.39, 0.29) is 0 Å². The van der Waals surface area contributed by atoms with Crippen molar-refractivity contribution in [3.8, 4) is 0 Å². The Labute approximate surface area is 91.5 Å². The number of hydrogen-bond acceptors (Lipinski definition) is 4. The number of carbonyl (C=O) groups is 1. The lowest BCUT2D eigenvalue weighted by Crippen LogP contribution is -1.85. The van der Waals surface area contributed by atoms with Crippen molar-refractivity contribution in [1.29, 1.82) is 0 Å². The zero-order chi connectivity index (χ0) is 10.7. The number of oxazole rings is 1. The summed E-state index contributed by atoms with van der Waals surface area (Å²) in [6.07, 6.45) is 4.00. The van der Waals surface area contributed by atoms with Crippen LogP contribution in [0.5, 0.6) is 0 Å². The van der Waals surface area contributed by atoms with Gasteiger partial charge in [0.2, 0.25) is 0 Å². The van der Waals surface area contributed by atoms with Crippen molar-refractivity contribution < 1.29 is 9.21 Å². The van der Waals surface area contributed by atoms with Crippen LogP contribution in [0.1, 0.15) is 15.9 Å². The number of hydrogen-bond donors (Lipinski definition) is 0. The fraction of sp³-hybridized carbons (Fsp3) is 0.0909. The Bertz CT molecular complexity index is 465. The number of benzene rings is 1. The summed E-state index contributed by atoms with van der Waals surface area (Å²) < 4.78 is 5.12. The average Bonchev–Trinajstić information content (AvgIpc) is 2.71. The summed E-state index contributed by atoms with van der Waals surface area (Å²) in [7, 11) is 0. The zero-order valence-corrected chi connectivity index (χ0v) is 8.95. The second-order valence-corrected chi connectivity index (χ2v) is 4.06. The summed E-state index contributed by atoms with van der Waals surface area (Å²) in [5, 5.41) is 0.605. The van der Waals surface area contributed by atoms with Gasteiger partial charge in [-0.25, -0.2) is 4.98 Å². The quantitative estimate of drug-likeness (QED) is 0.744. The SMILES string of the molecule is Cc1cc(Sc2ncco2)ccc1C=O. The second-order valence-electron chi connectivity index (χ2n) is 3.04. The minimum Gasteiger partial charge on any atom is -0.440 e. The van der Waals surface area contributed by atoms with E-state index in [9.17, 15) is 4.79 Å². The molecule has 0 N–H and O–H groups in total. The normalized spacial score (nSPS) is 10.2. The van der Waals surface area contributed by atoms with Gasteiger partial charge in [-0.05, 0) is 36.4 Å². The van der Waals surface area contributed by atoms with Crippen LogP contribution in [0.3, 0.4) is 0 Å². The Morgan fingerprint density at radius 2 is 2.33 bits per heavy atom. The van der Waals surface area contributed by atoms with E-state index in [4.69, 9.17) is 4.42 Å². The van der Waals surface area contributed by atoms with Gasteiger partial charge >= 0.3 is 0 Å². The first kappa shape index (κ1) is 9.98. The van der Waals surface area contributed by atoms with Crippen LogP contribution in [-0.4, -0.2) is 11.3 Å². The van der Waals surface area contributed by atoms with E-state index in [1.54, 1.807) is 12.3 Å². The van der Waals surface area contributed by atoms with Crippen LogP contribution >= 0.6 is 11.8 Å². The topological polar surface area (TPSA) is 43.1 Å². The van der Waals surface area contributed by atoms with E-state index in [1.165, 1.54) is 18.0 Å². The van der Waals surface area contributed by atoms with Crippen molar-refractivity contribution >= 4 is 18.0 Å².